The van der Waals surface area contributed by atoms with Gasteiger partial charge in [-0.25, -0.2) is 0 Å². The first-order chi connectivity index (χ1) is 11.5. The first-order valence-corrected chi connectivity index (χ1v) is 8.32. The van der Waals surface area contributed by atoms with Crippen LogP contribution in [-0.2, 0) is 14.3 Å². The summed E-state index contributed by atoms with van der Waals surface area (Å²) < 4.78 is 5.38. The third-order valence-electron chi connectivity index (χ3n) is 3.87. The predicted molar refractivity (Wildman–Crippen MR) is 87.1 cm³/mol. The number of pyridine rings is 1. The Bertz CT molecular complexity index is 615. The van der Waals surface area contributed by atoms with E-state index < -0.39 is 17.7 Å². The van der Waals surface area contributed by atoms with Gasteiger partial charge in [0, 0.05) is 31.0 Å². The lowest BCUT2D eigenvalue weighted by atomic mass is 9.90. The summed E-state index contributed by atoms with van der Waals surface area (Å²) in [5.41, 5.74) is 0.248. The molecule has 6 nitrogen and oxygen atoms in total. The van der Waals surface area contributed by atoms with Gasteiger partial charge in [0.05, 0.1) is 10.9 Å². The van der Waals surface area contributed by atoms with Crippen molar-refractivity contribution in [2.75, 3.05) is 13.2 Å². The smallest absolute Gasteiger partial charge is 0.303 e. The van der Waals surface area contributed by atoms with Gasteiger partial charge in [-0.05, 0) is 37.7 Å². The molecule has 1 N–H and O–H groups in total. The van der Waals surface area contributed by atoms with E-state index in [4.69, 9.17) is 21.4 Å². The van der Waals surface area contributed by atoms with Gasteiger partial charge in [0.15, 0.2) is 11.6 Å². The Morgan fingerprint density at radius 1 is 1.33 bits per heavy atom. The Morgan fingerprint density at radius 2 is 2.08 bits per heavy atom. The van der Waals surface area contributed by atoms with Crippen LogP contribution >= 0.6 is 11.6 Å². The second kappa shape index (κ2) is 8.89. The van der Waals surface area contributed by atoms with Crippen LogP contribution in [0.3, 0.4) is 0 Å². The van der Waals surface area contributed by atoms with E-state index in [-0.39, 0.29) is 37.2 Å². The van der Waals surface area contributed by atoms with E-state index in [1.165, 1.54) is 18.5 Å². The zero-order chi connectivity index (χ0) is 17.5. The Hall–Kier alpha value is -1.79. The average Bonchev–Trinajstić information content (AvgIpc) is 3.35. The molecule has 1 aliphatic carbocycles. The maximum absolute atomic E-state index is 12.6. The molecule has 1 aromatic rings. The third-order valence-corrected chi connectivity index (χ3v) is 4.08. The first-order valence-electron chi connectivity index (χ1n) is 7.94. The van der Waals surface area contributed by atoms with Crippen molar-refractivity contribution in [3.63, 3.8) is 0 Å². The minimum absolute atomic E-state index is 0.0895. The van der Waals surface area contributed by atoms with Gasteiger partial charge in [-0.1, -0.05) is 11.6 Å². The minimum Gasteiger partial charge on any atom is -0.481 e. The highest BCUT2D eigenvalue weighted by Gasteiger charge is 2.29. The summed E-state index contributed by atoms with van der Waals surface area (Å²) in [6.45, 7) is 0.397. The molecule has 130 valence electrons. The molecule has 7 heteroatoms. The van der Waals surface area contributed by atoms with E-state index in [2.05, 4.69) is 4.98 Å². The molecule has 1 saturated carbocycles. The van der Waals surface area contributed by atoms with Crippen LogP contribution in [0.15, 0.2) is 18.5 Å². The summed E-state index contributed by atoms with van der Waals surface area (Å²) in [6.07, 6.45) is 5.31. The van der Waals surface area contributed by atoms with Crippen molar-refractivity contribution in [1.29, 1.82) is 0 Å². The Balaban J connectivity index is 2.00. The highest BCUT2D eigenvalue weighted by Crippen LogP contribution is 2.29. The van der Waals surface area contributed by atoms with Gasteiger partial charge in [0.25, 0.3) is 0 Å². The SMILES string of the molecule is O=C(O)CCCC(C(=O)COCC1CC1)C(=O)c1cncc(Cl)c1. The molecule has 24 heavy (non-hydrogen) atoms. The molecule has 1 atom stereocenters. The van der Waals surface area contributed by atoms with Gasteiger partial charge in [-0.15, -0.1) is 0 Å². The zero-order valence-corrected chi connectivity index (χ0v) is 14.0. The molecule has 1 aromatic heterocycles. The fourth-order valence-electron chi connectivity index (χ4n) is 2.35. The van der Waals surface area contributed by atoms with Crippen molar-refractivity contribution in [1.82, 2.24) is 4.98 Å². The second-order valence-electron chi connectivity index (χ2n) is 6.02. The average molecular weight is 354 g/mol. The van der Waals surface area contributed by atoms with Gasteiger partial charge in [0.1, 0.15) is 6.61 Å². The van der Waals surface area contributed by atoms with Gasteiger partial charge in [-0.3, -0.25) is 19.4 Å². The molecule has 2 rings (SSSR count). The molecule has 0 amide bonds. The zero-order valence-electron chi connectivity index (χ0n) is 13.2. The number of hydrogen-bond donors (Lipinski definition) is 1. The Labute approximate surface area is 145 Å². The second-order valence-corrected chi connectivity index (χ2v) is 6.46. The van der Waals surface area contributed by atoms with E-state index in [1.807, 2.05) is 0 Å². The standard InChI is InChI=1S/C17H20ClNO5/c18-13-6-12(7-19-8-13)17(23)14(2-1-3-16(21)22)15(20)10-24-9-11-4-5-11/h6-8,11,14H,1-5,9-10H2,(H,21,22). The van der Waals surface area contributed by atoms with Gasteiger partial charge in [-0.2, -0.15) is 0 Å². The number of ether oxygens (including phenoxy) is 1. The van der Waals surface area contributed by atoms with Crippen LogP contribution in [0.1, 0.15) is 42.5 Å². The van der Waals surface area contributed by atoms with Gasteiger partial charge < -0.3 is 9.84 Å². The number of carbonyl (C=O) groups is 3. The number of halogens is 1. The molecule has 0 aromatic carbocycles. The lowest BCUT2D eigenvalue weighted by Crippen LogP contribution is -2.28. The van der Waals surface area contributed by atoms with Crippen LogP contribution < -0.4 is 0 Å². The number of carboxylic acid groups (broad SMARTS) is 1. The number of aromatic nitrogens is 1. The molecule has 0 radical (unpaired) electrons. The largest absolute Gasteiger partial charge is 0.481 e. The predicted octanol–water partition coefficient (Wildman–Crippen LogP) is 2.78. The topological polar surface area (TPSA) is 93.6 Å². The van der Waals surface area contributed by atoms with Crippen molar-refractivity contribution in [3.05, 3.63) is 29.0 Å². The van der Waals surface area contributed by atoms with Crippen molar-refractivity contribution in [2.45, 2.75) is 32.1 Å². The number of hydrogen-bond acceptors (Lipinski definition) is 5. The number of nitrogens with zero attached hydrogens (tertiary/aromatic N) is 1. The van der Waals surface area contributed by atoms with Crippen LogP contribution in [0.25, 0.3) is 0 Å². The highest BCUT2D eigenvalue weighted by molar-refractivity contribution is 6.31. The summed E-state index contributed by atoms with van der Waals surface area (Å²) in [5.74, 6) is -2.08. The lowest BCUT2D eigenvalue weighted by Gasteiger charge is -2.15. The monoisotopic (exact) mass is 353 g/mol. The van der Waals surface area contributed by atoms with Crippen LogP contribution in [0.5, 0.6) is 0 Å². The van der Waals surface area contributed by atoms with Crippen molar-refractivity contribution >= 4 is 29.1 Å². The fourth-order valence-corrected chi connectivity index (χ4v) is 2.53. The van der Waals surface area contributed by atoms with Crippen molar-refractivity contribution in [2.24, 2.45) is 11.8 Å². The number of carboxylic acids is 1. The number of carbonyl (C=O) groups excluding carboxylic acids is 2. The van der Waals surface area contributed by atoms with E-state index in [1.54, 1.807) is 0 Å². The van der Waals surface area contributed by atoms with Crippen LogP contribution in [0.2, 0.25) is 5.02 Å². The van der Waals surface area contributed by atoms with Crippen LogP contribution in [-0.4, -0.2) is 40.8 Å². The molecule has 1 fully saturated rings. The molecule has 1 unspecified atom stereocenters. The molecule has 1 aliphatic rings. The van der Waals surface area contributed by atoms with E-state index in [9.17, 15) is 14.4 Å². The van der Waals surface area contributed by atoms with Gasteiger partial charge in [0.2, 0.25) is 0 Å². The Morgan fingerprint density at radius 3 is 2.71 bits per heavy atom. The molecule has 0 saturated heterocycles. The molecule has 0 bridgehead atoms. The summed E-state index contributed by atoms with van der Waals surface area (Å²) in [4.78, 5) is 39.5. The quantitative estimate of drug-likeness (QED) is 0.485. The summed E-state index contributed by atoms with van der Waals surface area (Å²) >= 11 is 5.84. The van der Waals surface area contributed by atoms with Crippen molar-refractivity contribution < 1.29 is 24.2 Å². The van der Waals surface area contributed by atoms with E-state index in [0.717, 1.165) is 12.8 Å². The minimum atomic E-state index is -0.956. The number of ketones is 2. The Kier molecular flexibility index (Phi) is 6.87. The number of rotatable bonds is 11. The lowest BCUT2D eigenvalue weighted by molar-refractivity contribution is -0.137. The number of aliphatic carboxylic acids is 1. The summed E-state index contributed by atoms with van der Waals surface area (Å²) in [6, 6.07) is 1.46. The highest BCUT2D eigenvalue weighted by atomic mass is 35.5. The fraction of sp³-hybridized carbons (Fsp3) is 0.529. The van der Waals surface area contributed by atoms with E-state index >= 15 is 0 Å². The van der Waals surface area contributed by atoms with Gasteiger partial charge >= 0.3 is 5.97 Å². The maximum Gasteiger partial charge on any atom is 0.303 e. The van der Waals surface area contributed by atoms with E-state index in [0.29, 0.717) is 17.5 Å². The normalized spacial score (nSPS) is 15.0. The maximum atomic E-state index is 12.6. The molecule has 0 spiro atoms. The van der Waals surface area contributed by atoms with Crippen LogP contribution in [0, 0.1) is 11.8 Å². The number of Topliss-reactive ketones (excluding diaryl/α,β-unsaturated/α-hetero) is 2. The molecule has 0 aliphatic heterocycles. The molecule has 1 heterocycles. The first kappa shape index (κ1) is 18.5. The summed E-state index contributed by atoms with van der Waals surface area (Å²) in [7, 11) is 0. The summed E-state index contributed by atoms with van der Waals surface area (Å²) in [5, 5.41) is 9.05. The van der Waals surface area contributed by atoms with Crippen molar-refractivity contribution in [3.8, 4) is 0 Å². The molecular weight excluding hydrogens is 334 g/mol. The molecular formula is C17H20ClNO5. The van der Waals surface area contributed by atoms with Crippen LogP contribution in [0.4, 0.5) is 0 Å². The third kappa shape index (κ3) is 6.02.